The number of aliphatic hydroxyl groups is 2. The van der Waals surface area contributed by atoms with Crippen LogP contribution >= 0.6 is 0 Å². The van der Waals surface area contributed by atoms with E-state index in [-0.39, 0.29) is 17.6 Å². The molecule has 3 fully saturated rings. The second kappa shape index (κ2) is 7.97. The summed E-state index contributed by atoms with van der Waals surface area (Å²) in [6.07, 6.45) is 13.8. The minimum absolute atomic E-state index is 0.204. The molecule has 0 aromatic rings. The summed E-state index contributed by atoms with van der Waals surface area (Å²) in [6, 6.07) is 0. The van der Waals surface area contributed by atoms with Gasteiger partial charge in [0.1, 0.15) is 0 Å². The fourth-order valence-corrected chi connectivity index (χ4v) is 8.70. The summed E-state index contributed by atoms with van der Waals surface area (Å²) in [4.78, 5) is 0. The molecule has 4 rings (SSSR count). The number of fused-ring (bicyclic) bond motifs is 5. The summed E-state index contributed by atoms with van der Waals surface area (Å²) in [5.41, 5.74) is 2.00. The van der Waals surface area contributed by atoms with E-state index in [2.05, 4.69) is 40.7 Å². The van der Waals surface area contributed by atoms with Crippen LogP contribution in [0.5, 0.6) is 0 Å². The predicted octanol–water partition coefficient (Wildman–Crippen LogP) is 6.36. The molecular formula is C27H46O2. The lowest BCUT2D eigenvalue weighted by Gasteiger charge is -2.60. The van der Waals surface area contributed by atoms with Gasteiger partial charge in [-0.1, -0.05) is 65.5 Å². The monoisotopic (exact) mass is 402 g/mol. The van der Waals surface area contributed by atoms with Gasteiger partial charge in [-0.25, -0.2) is 0 Å². The van der Waals surface area contributed by atoms with Crippen molar-refractivity contribution in [1.29, 1.82) is 0 Å². The zero-order valence-corrected chi connectivity index (χ0v) is 19.7. The average Bonchev–Trinajstić information content (AvgIpc) is 3.00. The zero-order chi connectivity index (χ0) is 21.0. The number of rotatable bonds is 5. The lowest BCUT2D eigenvalue weighted by molar-refractivity contribution is -0.115. The Morgan fingerprint density at radius 2 is 1.72 bits per heavy atom. The Morgan fingerprint density at radius 1 is 0.966 bits per heavy atom. The first kappa shape index (κ1) is 21.9. The van der Waals surface area contributed by atoms with Gasteiger partial charge in [0, 0.05) is 0 Å². The number of hydrogen-bond acceptors (Lipinski definition) is 2. The smallest absolute Gasteiger partial charge is 0.0724 e. The molecule has 4 aliphatic rings. The molecule has 0 unspecified atom stereocenters. The Balaban J connectivity index is 1.53. The first-order chi connectivity index (χ1) is 13.7. The summed E-state index contributed by atoms with van der Waals surface area (Å²) in [5, 5.41) is 21.5. The van der Waals surface area contributed by atoms with Gasteiger partial charge in [-0.3, -0.25) is 0 Å². The molecule has 0 aliphatic heterocycles. The third kappa shape index (κ3) is 3.65. The Hall–Kier alpha value is -0.340. The van der Waals surface area contributed by atoms with Crippen molar-refractivity contribution in [2.75, 3.05) is 0 Å². The summed E-state index contributed by atoms with van der Waals surface area (Å²) >= 11 is 0. The molecule has 0 saturated heterocycles. The molecule has 0 amide bonds. The standard InChI is InChI=1S/C27H46O2/c1-17(2)7-6-8-18(3)21-9-10-22-25-23(12-14-27(21,22)5)26(4)13-11-20(28)15-19(26)16-24(25)29/h15,17-18,20-25,28-29H,6-14,16H2,1-5H3/t18-,20-,21-,22+,23+,24-,25+,26+,27-/m1/s1. The molecule has 0 aromatic heterocycles. The number of aliphatic hydroxyl groups excluding tert-OH is 2. The highest BCUT2D eigenvalue weighted by Gasteiger charge is 2.61. The maximum Gasteiger partial charge on any atom is 0.0724 e. The molecule has 0 radical (unpaired) electrons. The van der Waals surface area contributed by atoms with E-state index in [9.17, 15) is 10.2 Å². The van der Waals surface area contributed by atoms with Crippen LogP contribution in [-0.4, -0.2) is 22.4 Å². The molecule has 4 aliphatic carbocycles. The minimum atomic E-state index is -0.293. The summed E-state index contributed by atoms with van der Waals surface area (Å²) in [7, 11) is 0. The Bertz CT molecular complexity index is 624. The Kier molecular flexibility index (Phi) is 6.01. The van der Waals surface area contributed by atoms with Crippen LogP contribution in [0.4, 0.5) is 0 Å². The third-order valence-electron chi connectivity index (χ3n) is 10.3. The van der Waals surface area contributed by atoms with Crippen molar-refractivity contribution in [2.24, 2.45) is 46.3 Å². The molecule has 0 bridgehead atoms. The largest absolute Gasteiger partial charge is 0.392 e. The molecule has 2 N–H and O–H groups in total. The zero-order valence-electron chi connectivity index (χ0n) is 19.7. The minimum Gasteiger partial charge on any atom is -0.392 e. The van der Waals surface area contributed by atoms with E-state index in [1.54, 1.807) is 0 Å². The summed E-state index contributed by atoms with van der Waals surface area (Å²) in [5.74, 6) is 4.25. The van der Waals surface area contributed by atoms with Gasteiger partial charge in [0.2, 0.25) is 0 Å². The van der Waals surface area contributed by atoms with E-state index in [0.29, 0.717) is 23.2 Å². The molecule has 0 heterocycles. The maximum absolute atomic E-state index is 11.3. The van der Waals surface area contributed by atoms with Gasteiger partial charge in [0.15, 0.2) is 0 Å². The van der Waals surface area contributed by atoms with Crippen LogP contribution in [0.1, 0.15) is 98.8 Å². The average molecular weight is 403 g/mol. The molecule has 166 valence electrons. The van der Waals surface area contributed by atoms with Gasteiger partial charge >= 0.3 is 0 Å². The summed E-state index contributed by atoms with van der Waals surface area (Å²) in [6.45, 7) is 12.3. The topological polar surface area (TPSA) is 40.5 Å². The second-order valence-electron chi connectivity index (χ2n) is 12.3. The van der Waals surface area contributed by atoms with Crippen molar-refractivity contribution in [3.05, 3.63) is 11.6 Å². The fraction of sp³-hybridized carbons (Fsp3) is 0.926. The van der Waals surface area contributed by atoms with Crippen LogP contribution in [0.15, 0.2) is 11.6 Å². The van der Waals surface area contributed by atoms with Crippen molar-refractivity contribution >= 4 is 0 Å². The molecule has 0 aromatic carbocycles. The lowest BCUT2D eigenvalue weighted by Crippen LogP contribution is -2.55. The second-order valence-corrected chi connectivity index (χ2v) is 12.3. The van der Waals surface area contributed by atoms with Gasteiger partial charge < -0.3 is 10.2 Å². The van der Waals surface area contributed by atoms with E-state index in [4.69, 9.17) is 0 Å². The molecular weight excluding hydrogens is 356 g/mol. The van der Waals surface area contributed by atoms with Crippen LogP contribution in [0, 0.1) is 46.3 Å². The normalized spacial score (nSPS) is 47.9. The van der Waals surface area contributed by atoms with Gasteiger partial charge in [-0.15, -0.1) is 0 Å². The number of hydrogen-bond donors (Lipinski definition) is 2. The molecule has 0 spiro atoms. The van der Waals surface area contributed by atoms with Crippen molar-refractivity contribution in [3.8, 4) is 0 Å². The van der Waals surface area contributed by atoms with E-state index in [0.717, 1.165) is 37.0 Å². The van der Waals surface area contributed by atoms with E-state index >= 15 is 0 Å². The first-order valence-electron chi connectivity index (χ1n) is 12.7. The first-order valence-corrected chi connectivity index (χ1v) is 12.7. The third-order valence-corrected chi connectivity index (χ3v) is 10.3. The highest BCUT2D eigenvalue weighted by molar-refractivity contribution is 5.27. The van der Waals surface area contributed by atoms with Gasteiger partial charge in [0.25, 0.3) is 0 Å². The Labute approximate surface area is 179 Å². The fourth-order valence-electron chi connectivity index (χ4n) is 8.70. The quantitative estimate of drug-likeness (QED) is 0.525. The van der Waals surface area contributed by atoms with Gasteiger partial charge in [-0.2, -0.15) is 0 Å². The van der Waals surface area contributed by atoms with Crippen molar-refractivity contribution in [3.63, 3.8) is 0 Å². The van der Waals surface area contributed by atoms with Crippen molar-refractivity contribution in [2.45, 2.75) is 111 Å². The van der Waals surface area contributed by atoms with Crippen LogP contribution in [0.25, 0.3) is 0 Å². The Morgan fingerprint density at radius 3 is 2.45 bits per heavy atom. The van der Waals surface area contributed by atoms with Crippen LogP contribution < -0.4 is 0 Å². The molecule has 2 nitrogen and oxygen atoms in total. The van der Waals surface area contributed by atoms with E-state index in [1.807, 2.05) is 0 Å². The lowest BCUT2D eigenvalue weighted by atomic mass is 9.45. The van der Waals surface area contributed by atoms with E-state index < -0.39 is 0 Å². The van der Waals surface area contributed by atoms with Crippen LogP contribution in [-0.2, 0) is 0 Å². The van der Waals surface area contributed by atoms with Gasteiger partial charge in [-0.05, 0) is 91.3 Å². The van der Waals surface area contributed by atoms with Crippen molar-refractivity contribution in [1.82, 2.24) is 0 Å². The highest BCUT2D eigenvalue weighted by atomic mass is 16.3. The van der Waals surface area contributed by atoms with Crippen LogP contribution in [0.2, 0.25) is 0 Å². The SMILES string of the molecule is CC(C)CCC[C@@H](C)[C@H]1CC[C@H]2[C@@H]3[C@H](O)CC4=C[C@H](O)CC[C@]4(C)[C@H]3CC[C@]12C. The molecule has 9 atom stereocenters. The predicted molar refractivity (Wildman–Crippen MR) is 120 cm³/mol. The highest BCUT2D eigenvalue weighted by Crippen LogP contribution is 2.67. The maximum atomic E-state index is 11.3. The molecule has 2 heteroatoms. The molecule has 29 heavy (non-hydrogen) atoms. The van der Waals surface area contributed by atoms with Crippen LogP contribution in [0.3, 0.4) is 0 Å². The van der Waals surface area contributed by atoms with Gasteiger partial charge in [0.05, 0.1) is 12.2 Å². The molecule has 3 saturated carbocycles. The van der Waals surface area contributed by atoms with Crippen molar-refractivity contribution < 1.29 is 10.2 Å². The van der Waals surface area contributed by atoms with E-state index in [1.165, 1.54) is 50.5 Å². The summed E-state index contributed by atoms with van der Waals surface area (Å²) < 4.78 is 0.